The first-order valence-electron chi connectivity index (χ1n) is 11.7. The Balaban J connectivity index is 1.39. The Kier molecular flexibility index (Phi) is 7.45. The van der Waals surface area contributed by atoms with Crippen LogP contribution in [0.1, 0.15) is 50.2 Å². The number of hydrogen-bond donors (Lipinski definition) is 2. The number of aliphatic imine (C=N–C) groups is 1. The van der Waals surface area contributed by atoms with Crippen LogP contribution in [-0.2, 0) is 21.4 Å². The lowest BCUT2D eigenvalue weighted by molar-refractivity contribution is -0.123. The van der Waals surface area contributed by atoms with E-state index in [1.807, 2.05) is 6.07 Å². The van der Waals surface area contributed by atoms with Crippen molar-refractivity contribution in [3.63, 3.8) is 0 Å². The van der Waals surface area contributed by atoms with Crippen LogP contribution in [0.5, 0.6) is 0 Å². The average Bonchev–Trinajstić information content (AvgIpc) is 3.08. The van der Waals surface area contributed by atoms with Gasteiger partial charge in [-0.05, 0) is 37.0 Å². The molecule has 0 radical (unpaired) electrons. The number of hydrogen-bond acceptors (Lipinski definition) is 5. The minimum absolute atomic E-state index is 0.112. The second kappa shape index (κ2) is 10.5. The molecular formula is C25H32N4O3S. The molecule has 0 spiro atoms. The summed E-state index contributed by atoms with van der Waals surface area (Å²) in [4.78, 5) is 20.4. The summed E-state index contributed by atoms with van der Waals surface area (Å²) in [7, 11) is -3.62. The van der Waals surface area contributed by atoms with Gasteiger partial charge in [-0.3, -0.25) is 19.4 Å². The number of rotatable bonds is 8. The van der Waals surface area contributed by atoms with Gasteiger partial charge >= 0.3 is 0 Å². The molecule has 0 saturated carbocycles. The molecule has 33 heavy (non-hydrogen) atoms. The van der Waals surface area contributed by atoms with Gasteiger partial charge in [0, 0.05) is 31.2 Å². The molecule has 1 saturated heterocycles. The molecule has 4 rings (SSSR count). The smallest absolute Gasteiger partial charge is 0.263 e. The van der Waals surface area contributed by atoms with Crippen molar-refractivity contribution in [1.82, 2.24) is 14.9 Å². The zero-order valence-corrected chi connectivity index (χ0v) is 19.9. The summed E-state index contributed by atoms with van der Waals surface area (Å²) in [6.45, 7) is 4.86. The Morgan fingerprint density at radius 1 is 1.12 bits per heavy atom. The molecule has 8 heteroatoms. The lowest BCUT2D eigenvalue weighted by atomic mass is 10.0. The number of nitrogens with zero attached hydrogens (tertiary/aromatic N) is 2. The third kappa shape index (κ3) is 5.81. The first kappa shape index (κ1) is 23.4. The summed E-state index contributed by atoms with van der Waals surface area (Å²) in [5.41, 5.74) is 1.83. The van der Waals surface area contributed by atoms with E-state index in [1.165, 1.54) is 5.56 Å². The fraction of sp³-hybridized carbons (Fsp3) is 0.440. The standard InChI is InChI=1S/C25H32N4O3S/c1-2-3-12-22(27-24-21-11-7-8-13-23(21)33(31,32)28-24)25(30)26-20-14-16-29(17-15-20)18-19-9-5-4-6-10-19/h4-11,13,20,22H,2-3,12,14-18H2,1H3,(H,26,30)(H,27,28). The highest BCUT2D eigenvalue weighted by atomic mass is 32.2. The molecule has 2 N–H and O–H groups in total. The number of nitrogens with one attached hydrogen (secondary N) is 2. The second-order valence-electron chi connectivity index (χ2n) is 8.78. The molecule has 2 aromatic carbocycles. The van der Waals surface area contributed by atoms with Gasteiger partial charge in [0.2, 0.25) is 5.91 Å². The fourth-order valence-electron chi connectivity index (χ4n) is 4.41. The summed E-state index contributed by atoms with van der Waals surface area (Å²) < 4.78 is 27.3. The highest BCUT2D eigenvalue weighted by molar-refractivity contribution is 7.90. The third-order valence-electron chi connectivity index (χ3n) is 6.26. The summed E-state index contributed by atoms with van der Waals surface area (Å²) in [5, 5.41) is 3.18. The van der Waals surface area contributed by atoms with E-state index < -0.39 is 16.1 Å². The zero-order valence-electron chi connectivity index (χ0n) is 19.0. The molecule has 0 aliphatic carbocycles. The van der Waals surface area contributed by atoms with Crippen molar-refractivity contribution in [3.05, 3.63) is 65.7 Å². The van der Waals surface area contributed by atoms with Crippen molar-refractivity contribution in [2.24, 2.45) is 4.99 Å². The fourth-order valence-corrected chi connectivity index (χ4v) is 5.65. The number of benzene rings is 2. The third-order valence-corrected chi connectivity index (χ3v) is 7.66. The van der Waals surface area contributed by atoms with Crippen LogP contribution in [0.4, 0.5) is 0 Å². The molecule has 2 aliphatic heterocycles. The van der Waals surface area contributed by atoms with Crippen molar-refractivity contribution in [1.29, 1.82) is 0 Å². The SMILES string of the molecule is CCCCC(N=C1NS(=O)(=O)c2ccccc21)C(=O)NC1CCN(Cc2ccccc2)CC1. The normalized spacial score (nSPS) is 20.2. The number of carbonyl (C=O) groups excluding carboxylic acids is 1. The van der Waals surface area contributed by atoms with E-state index in [0.29, 0.717) is 12.0 Å². The van der Waals surface area contributed by atoms with E-state index in [4.69, 9.17) is 0 Å². The van der Waals surface area contributed by atoms with E-state index >= 15 is 0 Å². The Bertz CT molecular complexity index is 1090. The Morgan fingerprint density at radius 2 is 1.82 bits per heavy atom. The van der Waals surface area contributed by atoms with Crippen molar-refractivity contribution < 1.29 is 13.2 Å². The van der Waals surface area contributed by atoms with Crippen LogP contribution in [0.25, 0.3) is 0 Å². The number of amidine groups is 1. The average molecular weight is 469 g/mol. The number of sulfonamides is 1. The molecule has 1 amide bonds. The largest absolute Gasteiger partial charge is 0.351 e. The monoisotopic (exact) mass is 468 g/mol. The van der Waals surface area contributed by atoms with E-state index in [1.54, 1.807) is 24.3 Å². The van der Waals surface area contributed by atoms with E-state index in [-0.39, 0.29) is 22.7 Å². The number of fused-ring (bicyclic) bond motifs is 1. The predicted molar refractivity (Wildman–Crippen MR) is 129 cm³/mol. The topological polar surface area (TPSA) is 90.9 Å². The molecule has 1 unspecified atom stereocenters. The van der Waals surface area contributed by atoms with Gasteiger partial charge in [-0.1, -0.05) is 62.2 Å². The first-order valence-corrected chi connectivity index (χ1v) is 13.2. The first-order chi connectivity index (χ1) is 16.0. The van der Waals surface area contributed by atoms with Gasteiger partial charge in [0.05, 0.1) is 4.90 Å². The maximum Gasteiger partial charge on any atom is 0.263 e. The molecule has 2 aromatic rings. The van der Waals surface area contributed by atoms with Crippen molar-refractivity contribution in [2.45, 2.75) is 62.6 Å². The minimum Gasteiger partial charge on any atom is -0.351 e. The number of amides is 1. The van der Waals surface area contributed by atoms with Gasteiger partial charge < -0.3 is 5.32 Å². The maximum absolute atomic E-state index is 13.1. The Morgan fingerprint density at radius 3 is 2.55 bits per heavy atom. The van der Waals surface area contributed by atoms with Crippen LogP contribution >= 0.6 is 0 Å². The van der Waals surface area contributed by atoms with E-state index in [9.17, 15) is 13.2 Å². The molecule has 176 valence electrons. The van der Waals surface area contributed by atoms with Gasteiger partial charge in [0.25, 0.3) is 10.0 Å². The van der Waals surface area contributed by atoms with E-state index in [0.717, 1.165) is 45.3 Å². The number of likely N-dealkylation sites (tertiary alicyclic amines) is 1. The van der Waals surface area contributed by atoms with Gasteiger partial charge in [-0.15, -0.1) is 0 Å². The summed E-state index contributed by atoms with van der Waals surface area (Å²) in [6, 6.07) is 16.7. The lowest BCUT2D eigenvalue weighted by Crippen LogP contribution is -2.47. The van der Waals surface area contributed by atoms with Crippen molar-refractivity contribution in [3.8, 4) is 0 Å². The Hall–Kier alpha value is -2.71. The maximum atomic E-state index is 13.1. The molecule has 1 fully saturated rings. The highest BCUT2D eigenvalue weighted by Crippen LogP contribution is 2.23. The molecule has 0 aromatic heterocycles. The van der Waals surface area contributed by atoms with Gasteiger partial charge in [-0.2, -0.15) is 0 Å². The van der Waals surface area contributed by atoms with Crippen LogP contribution in [-0.4, -0.2) is 50.2 Å². The zero-order chi connectivity index (χ0) is 23.3. The van der Waals surface area contributed by atoms with Crippen molar-refractivity contribution >= 4 is 21.8 Å². The molecule has 1 atom stereocenters. The predicted octanol–water partition coefficient (Wildman–Crippen LogP) is 3.06. The molecule has 0 bridgehead atoms. The molecular weight excluding hydrogens is 436 g/mol. The van der Waals surface area contributed by atoms with Gasteiger partial charge in [0.15, 0.2) is 0 Å². The molecule has 7 nitrogen and oxygen atoms in total. The minimum atomic E-state index is -3.62. The van der Waals surface area contributed by atoms with Crippen LogP contribution in [0, 0.1) is 0 Å². The van der Waals surface area contributed by atoms with Gasteiger partial charge in [0.1, 0.15) is 11.9 Å². The number of carbonyl (C=O) groups is 1. The highest BCUT2D eigenvalue weighted by Gasteiger charge is 2.32. The summed E-state index contributed by atoms with van der Waals surface area (Å²) in [5.74, 6) is 0.139. The van der Waals surface area contributed by atoms with Crippen LogP contribution < -0.4 is 10.0 Å². The Labute approximate surface area is 196 Å². The lowest BCUT2D eigenvalue weighted by Gasteiger charge is -2.33. The number of unbranched alkanes of at least 4 members (excludes halogenated alkanes) is 1. The van der Waals surface area contributed by atoms with Crippen LogP contribution in [0.3, 0.4) is 0 Å². The van der Waals surface area contributed by atoms with Gasteiger partial charge in [-0.25, -0.2) is 8.42 Å². The molecule has 2 aliphatic rings. The van der Waals surface area contributed by atoms with Crippen LogP contribution in [0.2, 0.25) is 0 Å². The summed E-state index contributed by atoms with van der Waals surface area (Å²) in [6.07, 6.45) is 4.16. The van der Waals surface area contributed by atoms with Crippen LogP contribution in [0.15, 0.2) is 64.5 Å². The quantitative estimate of drug-likeness (QED) is 0.623. The number of piperidine rings is 1. The molecule has 2 heterocycles. The van der Waals surface area contributed by atoms with E-state index in [2.05, 4.69) is 51.1 Å². The van der Waals surface area contributed by atoms with Crippen molar-refractivity contribution in [2.75, 3.05) is 13.1 Å². The summed E-state index contributed by atoms with van der Waals surface area (Å²) >= 11 is 0. The second-order valence-corrected chi connectivity index (χ2v) is 10.4.